The number of carbonyl (C=O) groups is 1. The molecular formula is C6H11NO3. The first-order valence-electron chi connectivity index (χ1n) is 3.21. The van der Waals surface area contributed by atoms with Gasteiger partial charge in [-0.2, -0.15) is 0 Å². The molecule has 0 aromatic carbocycles. The van der Waals surface area contributed by atoms with Gasteiger partial charge >= 0.3 is 5.97 Å². The van der Waals surface area contributed by atoms with Crippen LogP contribution in [0.5, 0.6) is 0 Å². The van der Waals surface area contributed by atoms with Gasteiger partial charge in [-0.15, -0.1) is 0 Å². The molecule has 1 unspecified atom stereocenters. The average Bonchev–Trinajstić information content (AvgIpc) is 2.12. The van der Waals surface area contributed by atoms with Gasteiger partial charge in [-0.1, -0.05) is 0 Å². The maximum atomic E-state index is 10.2. The van der Waals surface area contributed by atoms with Gasteiger partial charge in [-0.3, -0.25) is 4.79 Å². The van der Waals surface area contributed by atoms with Crippen molar-refractivity contribution < 1.29 is 14.6 Å². The van der Waals surface area contributed by atoms with Crippen molar-refractivity contribution in [3.63, 3.8) is 0 Å². The van der Waals surface area contributed by atoms with E-state index in [1.807, 2.05) is 0 Å². The van der Waals surface area contributed by atoms with Crippen LogP contribution in [0.4, 0.5) is 0 Å². The van der Waals surface area contributed by atoms with E-state index in [4.69, 9.17) is 15.6 Å². The second-order valence-corrected chi connectivity index (χ2v) is 2.74. The van der Waals surface area contributed by atoms with Crippen LogP contribution in [-0.4, -0.2) is 29.8 Å². The fraction of sp³-hybridized carbons (Fsp3) is 0.833. The highest BCUT2D eigenvalue weighted by atomic mass is 16.5. The van der Waals surface area contributed by atoms with E-state index < -0.39 is 11.5 Å². The molecule has 0 amide bonds. The Morgan fingerprint density at radius 2 is 2.50 bits per heavy atom. The van der Waals surface area contributed by atoms with E-state index in [1.54, 1.807) is 0 Å². The molecule has 0 radical (unpaired) electrons. The lowest BCUT2D eigenvalue weighted by Gasteiger charge is -2.17. The molecule has 1 heterocycles. The summed E-state index contributed by atoms with van der Waals surface area (Å²) in [5.41, 5.74) is 5.05. The molecule has 1 atom stereocenters. The van der Waals surface area contributed by atoms with Crippen LogP contribution in [0.2, 0.25) is 0 Å². The van der Waals surface area contributed by atoms with Gasteiger partial charge in [0.25, 0.3) is 0 Å². The summed E-state index contributed by atoms with van der Waals surface area (Å²) >= 11 is 0. The third-order valence-corrected chi connectivity index (χ3v) is 1.64. The van der Waals surface area contributed by atoms with E-state index in [1.165, 1.54) is 0 Å². The molecule has 3 N–H and O–H groups in total. The lowest BCUT2D eigenvalue weighted by molar-refractivity contribution is -0.138. The van der Waals surface area contributed by atoms with Gasteiger partial charge in [0.15, 0.2) is 0 Å². The van der Waals surface area contributed by atoms with Crippen molar-refractivity contribution in [2.75, 3.05) is 13.2 Å². The number of rotatable bonds is 2. The molecule has 4 nitrogen and oxygen atoms in total. The Bertz CT molecular complexity index is 140. The van der Waals surface area contributed by atoms with E-state index >= 15 is 0 Å². The van der Waals surface area contributed by atoms with E-state index in [-0.39, 0.29) is 6.42 Å². The number of nitrogens with two attached hydrogens (primary N) is 1. The van der Waals surface area contributed by atoms with Crippen LogP contribution in [-0.2, 0) is 9.53 Å². The Labute approximate surface area is 59.0 Å². The van der Waals surface area contributed by atoms with Gasteiger partial charge in [-0.25, -0.2) is 0 Å². The van der Waals surface area contributed by atoms with Crippen molar-refractivity contribution in [3.05, 3.63) is 0 Å². The van der Waals surface area contributed by atoms with E-state index in [9.17, 15) is 4.79 Å². The van der Waals surface area contributed by atoms with Gasteiger partial charge in [0.1, 0.15) is 0 Å². The van der Waals surface area contributed by atoms with Crippen LogP contribution in [0.1, 0.15) is 12.8 Å². The van der Waals surface area contributed by atoms with Gasteiger partial charge in [-0.05, 0) is 6.42 Å². The number of hydrogen-bond donors (Lipinski definition) is 2. The topological polar surface area (TPSA) is 72.6 Å². The normalized spacial score (nSPS) is 32.5. The highest BCUT2D eigenvalue weighted by molar-refractivity contribution is 5.68. The molecule has 10 heavy (non-hydrogen) atoms. The number of hydrogen-bond acceptors (Lipinski definition) is 3. The minimum atomic E-state index is -0.854. The molecule has 0 spiro atoms. The smallest absolute Gasteiger partial charge is 0.305 e. The molecule has 1 aliphatic rings. The average molecular weight is 145 g/mol. The van der Waals surface area contributed by atoms with Crippen molar-refractivity contribution in [2.24, 2.45) is 5.73 Å². The summed E-state index contributed by atoms with van der Waals surface area (Å²) in [6.07, 6.45) is 0.659. The first-order chi connectivity index (χ1) is 4.62. The lowest BCUT2D eigenvalue weighted by Crippen LogP contribution is -2.42. The van der Waals surface area contributed by atoms with Crippen LogP contribution in [0.25, 0.3) is 0 Å². The predicted octanol–water partition coefficient (Wildman–Crippen LogP) is -0.421. The first-order valence-corrected chi connectivity index (χ1v) is 3.21. The lowest BCUT2D eigenvalue weighted by atomic mass is 9.96. The summed E-state index contributed by atoms with van der Waals surface area (Å²) in [5.74, 6) is -0.854. The van der Waals surface area contributed by atoms with Gasteiger partial charge < -0.3 is 15.6 Å². The van der Waals surface area contributed by atoms with Crippen molar-refractivity contribution in [1.82, 2.24) is 0 Å². The van der Waals surface area contributed by atoms with Crippen molar-refractivity contribution in [1.29, 1.82) is 0 Å². The molecule has 58 valence electrons. The highest BCUT2D eigenvalue weighted by Crippen LogP contribution is 2.18. The Balaban J connectivity index is 2.43. The van der Waals surface area contributed by atoms with Gasteiger partial charge in [0.2, 0.25) is 0 Å². The largest absolute Gasteiger partial charge is 0.481 e. The van der Waals surface area contributed by atoms with Crippen molar-refractivity contribution >= 4 is 5.97 Å². The molecule has 0 saturated carbocycles. The van der Waals surface area contributed by atoms with Crippen LogP contribution in [0.15, 0.2) is 0 Å². The minimum Gasteiger partial charge on any atom is -0.481 e. The maximum absolute atomic E-state index is 10.2. The number of aliphatic carboxylic acids is 1. The number of ether oxygens (including phenoxy) is 1. The van der Waals surface area contributed by atoms with Crippen LogP contribution in [0, 0.1) is 0 Å². The predicted molar refractivity (Wildman–Crippen MR) is 34.6 cm³/mol. The molecule has 1 aliphatic heterocycles. The van der Waals surface area contributed by atoms with E-state index in [2.05, 4.69) is 0 Å². The monoisotopic (exact) mass is 145 g/mol. The van der Waals surface area contributed by atoms with Crippen LogP contribution in [0.3, 0.4) is 0 Å². The highest BCUT2D eigenvalue weighted by Gasteiger charge is 2.32. The second-order valence-electron chi connectivity index (χ2n) is 2.74. The summed E-state index contributed by atoms with van der Waals surface area (Å²) in [6, 6.07) is 0. The molecule has 0 aromatic heterocycles. The zero-order chi connectivity index (χ0) is 7.61. The van der Waals surface area contributed by atoms with Crippen LogP contribution < -0.4 is 5.73 Å². The first kappa shape index (κ1) is 7.50. The summed E-state index contributed by atoms with van der Waals surface area (Å²) < 4.78 is 4.97. The number of carboxylic acids is 1. The standard InChI is InChI=1S/C6H11NO3/c7-6(3-5(8)9)1-2-10-4-6/h1-4,7H2,(H,8,9). The van der Waals surface area contributed by atoms with Gasteiger partial charge in [0, 0.05) is 6.61 Å². The van der Waals surface area contributed by atoms with E-state index in [0.29, 0.717) is 19.6 Å². The SMILES string of the molecule is NC1(CC(=O)O)CCOC1. The quantitative estimate of drug-likeness (QED) is 0.553. The molecule has 1 rings (SSSR count). The molecule has 0 aromatic rings. The molecule has 1 fully saturated rings. The molecule has 1 saturated heterocycles. The summed E-state index contributed by atoms with van der Waals surface area (Å²) in [5, 5.41) is 8.40. The Hall–Kier alpha value is -0.610. The van der Waals surface area contributed by atoms with Gasteiger partial charge in [0.05, 0.1) is 18.6 Å². The molecule has 0 aliphatic carbocycles. The zero-order valence-corrected chi connectivity index (χ0v) is 5.67. The van der Waals surface area contributed by atoms with Crippen molar-refractivity contribution in [3.8, 4) is 0 Å². The van der Waals surface area contributed by atoms with Crippen LogP contribution >= 0.6 is 0 Å². The fourth-order valence-electron chi connectivity index (χ4n) is 1.06. The third kappa shape index (κ3) is 1.68. The maximum Gasteiger partial charge on any atom is 0.305 e. The second kappa shape index (κ2) is 2.56. The minimum absolute atomic E-state index is 0.00694. The molecule has 0 bridgehead atoms. The van der Waals surface area contributed by atoms with Crippen molar-refractivity contribution in [2.45, 2.75) is 18.4 Å². The Kier molecular flexibility index (Phi) is 1.92. The zero-order valence-electron chi connectivity index (χ0n) is 5.67. The molecule has 4 heteroatoms. The Morgan fingerprint density at radius 1 is 1.80 bits per heavy atom. The number of carboxylic acid groups (broad SMARTS) is 1. The summed E-state index contributed by atoms with van der Waals surface area (Å²) in [6.45, 7) is 0.961. The summed E-state index contributed by atoms with van der Waals surface area (Å²) in [4.78, 5) is 10.2. The van der Waals surface area contributed by atoms with E-state index in [0.717, 1.165) is 0 Å². The third-order valence-electron chi connectivity index (χ3n) is 1.64. The molecular weight excluding hydrogens is 134 g/mol. The fourth-order valence-corrected chi connectivity index (χ4v) is 1.06. The summed E-state index contributed by atoms with van der Waals surface area (Å²) in [7, 11) is 0. The Morgan fingerprint density at radius 3 is 2.90 bits per heavy atom.